The third-order valence-electron chi connectivity index (χ3n) is 6.12. The summed E-state index contributed by atoms with van der Waals surface area (Å²) in [6.07, 6.45) is 12.8. The molecule has 5 nitrogen and oxygen atoms in total. The van der Waals surface area contributed by atoms with Gasteiger partial charge in [0.05, 0.1) is 23.7 Å². The van der Waals surface area contributed by atoms with Crippen LogP contribution in [-0.4, -0.2) is 36.3 Å². The summed E-state index contributed by atoms with van der Waals surface area (Å²) < 4.78 is 5.60. The SMILES string of the molecule is Nc1ccc(-c2nc(N3CCOCC3)cc(C3(SC4=CCCC=C4)CCC3)n2)cc1. The van der Waals surface area contributed by atoms with Crippen LogP contribution < -0.4 is 10.6 Å². The molecule has 2 N–H and O–H groups in total. The highest BCUT2D eigenvalue weighted by Gasteiger charge is 2.42. The first-order chi connectivity index (χ1) is 14.7. The molecule has 5 rings (SSSR count). The second-order valence-electron chi connectivity index (χ2n) is 8.19. The van der Waals surface area contributed by atoms with Crippen LogP contribution in [0.3, 0.4) is 0 Å². The summed E-state index contributed by atoms with van der Waals surface area (Å²) in [7, 11) is 0. The highest BCUT2D eigenvalue weighted by atomic mass is 32.2. The number of morpholine rings is 1. The number of thioether (sulfide) groups is 1. The lowest BCUT2D eigenvalue weighted by atomic mass is 9.81. The second-order valence-corrected chi connectivity index (χ2v) is 9.65. The third kappa shape index (κ3) is 3.98. The quantitative estimate of drug-likeness (QED) is 0.694. The Labute approximate surface area is 182 Å². The van der Waals surface area contributed by atoms with Gasteiger partial charge in [0.2, 0.25) is 0 Å². The van der Waals surface area contributed by atoms with E-state index in [4.69, 9.17) is 20.4 Å². The molecule has 0 atom stereocenters. The van der Waals surface area contributed by atoms with Gasteiger partial charge in [-0.25, -0.2) is 9.97 Å². The summed E-state index contributed by atoms with van der Waals surface area (Å²) in [5, 5.41) is 0. The fourth-order valence-corrected chi connectivity index (χ4v) is 5.70. The zero-order valence-electron chi connectivity index (χ0n) is 17.2. The van der Waals surface area contributed by atoms with Crippen molar-refractivity contribution < 1.29 is 4.74 Å². The smallest absolute Gasteiger partial charge is 0.161 e. The number of nitrogen functional groups attached to an aromatic ring is 1. The zero-order chi connectivity index (χ0) is 20.4. The lowest BCUT2D eigenvalue weighted by molar-refractivity contribution is 0.122. The fourth-order valence-electron chi connectivity index (χ4n) is 4.18. The van der Waals surface area contributed by atoms with Gasteiger partial charge < -0.3 is 15.4 Å². The molecule has 1 aliphatic heterocycles. The highest BCUT2D eigenvalue weighted by molar-refractivity contribution is 8.04. The van der Waals surface area contributed by atoms with Crippen molar-refractivity contribution in [1.29, 1.82) is 0 Å². The molecule has 3 aliphatic rings. The maximum absolute atomic E-state index is 5.91. The minimum atomic E-state index is 0.0417. The monoisotopic (exact) mass is 420 g/mol. The lowest BCUT2D eigenvalue weighted by Crippen LogP contribution is -2.38. The van der Waals surface area contributed by atoms with E-state index in [1.54, 1.807) is 0 Å². The van der Waals surface area contributed by atoms with Gasteiger partial charge in [0.1, 0.15) is 5.82 Å². The van der Waals surface area contributed by atoms with E-state index in [1.807, 2.05) is 36.0 Å². The van der Waals surface area contributed by atoms with Crippen molar-refractivity contribution in [2.24, 2.45) is 0 Å². The minimum absolute atomic E-state index is 0.0417. The Balaban J connectivity index is 1.55. The third-order valence-corrected chi connectivity index (χ3v) is 7.67. The standard InChI is InChI=1S/C24H28N4OS/c25-19-9-7-18(8-10-19)23-26-21(17-22(27-23)28-13-15-29-16-14-28)24(11-4-12-24)30-20-5-2-1-3-6-20/h2,5-10,17H,1,3-4,11-16,25H2. The van der Waals surface area contributed by atoms with E-state index in [-0.39, 0.29) is 4.75 Å². The molecule has 2 aromatic rings. The molecule has 2 heterocycles. The Morgan fingerprint density at radius 3 is 2.50 bits per heavy atom. The Morgan fingerprint density at radius 1 is 1.03 bits per heavy atom. The number of anilines is 2. The van der Waals surface area contributed by atoms with Gasteiger partial charge in [0, 0.05) is 35.3 Å². The molecule has 0 unspecified atom stereocenters. The molecule has 0 radical (unpaired) electrons. The van der Waals surface area contributed by atoms with Gasteiger partial charge in [-0.15, -0.1) is 11.8 Å². The Morgan fingerprint density at radius 2 is 1.83 bits per heavy atom. The summed E-state index contributed by atoms with van der Waals surface area (Å²) in [4.78, 5) is 13.8. The molecule has 0 bridgehead atoms. The maximum Gasteiger partial charge on any atom is 0.161 e. The van der Waals surface area contributed by atoms with Crippen molar-refractivity contribution in [2.45, 2.75) is 36.9 Å². The van der Waals surface area contributed by atoms with Gasteiger partial charge in [0.15, 0.2) is 5.82 Å². The average Bonchev–Trinajstić information content (AvgIpc) is 2.78. The predicted octanol–water partition coefficient (Wildman–Crippen LogP) is 4.91. The van der Waals surface area contributed by atoms with Crippen molar-refractivity contribution >= 4 is 23.3 Å². The molecule has 1 saturated heterocycles. The van der Waals surface area contributed by atoms with Crippen LogP contribution >= 0.6 is 11.8 Å². The van der Waals surface area contributed by atoms with E-state index < -0.39 is 0 Å². The van der Waals surface area contributed by atoms with Crippen LogP contribution in [0.5, 0.6) is 0 Å². The van der Waals surface area contributed by atoms with Gasteiger partial charge in [-0.1, -0.05) is 18.2 Å². The molecule has 6 heteroatoms. The lowest BCUT2D eigenvalue weighted by Gasteiger charge is -2.42. The average molecular weight is 421 g/mol. The Bertz CT molecular complexity index is 960. The zero-order valence-corrected chi connectivity index (χ0v) is 18.0. The van der Waals surface area contributed by atoms with Crippen molar-refractivity contribution in [3.63, 3.8) is 0 Å². The summed E-state index contributed by atoms with van der Waals surface area (Å²) in [6.45, 7) is 3.22. The van der Waals surface area contributed by atoms with E-state index in [2.05, 4.69) is 29.2 Å². The molecule has 2 aliphatic carbocycles. The molecular formula is C24H28N4OS. The van der Waals surface area contributed by atoms with Gasteiger partial charge >= 0.3 is 0 Å². The maximum atomic E-state index is 5.91. The number of benzene rings is 1. The van der Waals surface area contributed by atoms with Gasteiger partial charge in [-0.05, 0) is 56.4 Å². The number of rotatable bonds is 5. The first-order valence-electron chi connectivity index (χ1n) is 10.9. The summed E-state index contributed by atoms with van der Waals surface area (Å²) in [5.74, 6) is 1.80. The number of hydrogen-bond acceptors (Lipinski definition) is 6. The summed E-state index contributed by atoms with van der Waals surface area (Å²) in [5.41, 5.74) is 8.83. The second kappa shape index (κ2) is 8.44. The number of aromatic nitrogens is 2. The molecule has 1 aromatic carbocycles. The molecule has 2 fully saturated rings. The van der Waals surface area contributed by atoms with Crippen LogP contribution in [0.1, 0.15) is 37.8 Å². The van der Waals surface area contributed by atoms with Crippen molar-refractivity contribution in [2.75, 3.05) is 36.9 Å². The molecule has 156 valence electrons. The van der Waals surface area contributed by atoms with Crippen molar-refractivity contribution in [3.8, 4) is 11.4 Å². The number of allylic oxidation sites excluding steroid dienone is 3. The van der Waals surface area contributed by atoms with E-state index in [0.29, 0.717) is 0 Å². The minimum Gasteiger partial charge on any atom is -0.399 e. The summed E-state index contributed by atoms with van der Waals surface area (Å²) >= 11 is 1.99. The van der Waals surface area contributed by atoms with Gasteiger partial charge in [-0.3, -0.25) is 0 Å². The topological polar surface area (TPSA) is 64.3 Å². The van der Waals surface area contributed by atoms with E-state index in [1.165, 1.54) is 11.3 Å². The predicted molar refractivity (Wildman–Crippen MR) is 124 cm³/mol. The van der Waals surface area contributed by atoms with E-state index >= 15 is 0 Å². The first kappa shape index (κ1) is 19.6. The molecule has 1 aromatic heterocycles. The first-order valence-corrected chi connectivity index (χ1v) is 11.7. The van der Waals surface area contributed by atoms with E-state index in [9.17, 15) is 0 Å². The largest absolute Gasteiger partial charge is 0.399 e. The van der Waals surface area contributed by atoms with Crippen LogP contribution in [0.25, 0.3) is 11.4 Å². The fraction of sp³-hybridized carbons (Fsp3) is 0.417. The van der Waals surface area contributed by atoms with Crippen LogP contribution in [0.4, 0.5) is 11.5 Å². The van der Waals surface area contributed by atoms with Crippen LogP contribution in [0, 0.1) is 0 Å². The molecule has 0 spiro atoms. The van der Waals surface area contributed by atoms with E-state index in [0.717, 1.165) is 80.6 Å². The molecule has 1 saturated carbocycles. The number of hydrogen-bond donors (Lipinski definition) is 1. The number of ether oxygens (including phenoxy) is 1. The van der Waals surface area contributed by atoms with Crippen LogP contribution in [0.15, 0.2) is 53.5 Å². The molecular weight excluding hydrogens is 392 g/mol. The Kier molecular flexibility index (Phi) is 5.52. The van der Waals surface area contributed by atoms with Crippen molar-refractivity contribution in [1.82, 2.24) is 9.97 Å². The molecule has 0 amide bonds. The number of nitrogens with two attached hydrogens (primary N) is 1. The summed E-state index contributed by atoms with van der Waals surface area (Å²) in [6, 6.07) is 10.1. The highest BCUT2D eigenvalue weighted by Crippen LogP contribution is 2.55. The Hall–Kier alpha value is -2.31. The van der Waals surface area contributed by atoms with Gasteiger partial charge in [0.25, 0.3) is 0 Å². The van der Waals surface area contributed by atoms with Crippen LogP contribution in [-0.2, 0) is 9.48 Å². The number of nitrogens with zero attached hydrogens (tertiary/aromatic N) is 3. The van der Waals surface area contributed by atoms with Crippen LogP contribution in [0.2, 0.25) is 0 Å². The van der Waals surface area contributed by atoms with Crippen molar-refractivity contribution in [3.05, 3.63) is 59.2 Å². The van der Waals surface area contributed by atoms with Gasteiger partial charge in [-0.2, -0.15) is 0 Å². The normalized spacial score (nSPS) is 20.5. The molecule has 30 heavy (non-hydrogen) atoms.